The molecule has 52 valence electrons. The van der Waals surface area contributed by atoms with Gasteiger partial charge in [0.2, 0.25) is 0 Å². The standard InChI is InChI=1S/C5H8FNO2/c1-7-3-4(2-6)9-5(7)8/h4H,2-3H2,1H3. The first-order valence-corrected chi connectivity index (χ1v) is 2.71. The maximum Gasteiger partial charge on any atom is 0.410 e. The number of rotatable bonds is 1. The zero-order valence-corrected chi connectivity index (χ0v) is 5.13. The van der Waals surface area contributed by atoms with Gasteiger partial charge >= 0.3 is 6.09 Å². The van der Waals surface area contributed by atoms with E-state index in [1.807, 2.05) is 0 Å². The van der Waals surface area contributed by atoms with Crippen molar-refractivity contribution in [3.63, 3.8) is 0 Å². The van der Waals surface area contributed by atoms with Crippen LogP contribution in [0.5, 0.6) is 0 Å². The van der Waals surface area contributed by atoms with E-state index in [4.69, 9.17) is 0 Å². The Morgan fingerprint density at radius 2 is 2.67 bits per heavy atom. The van der Waals surface area contributed by atoms with Crippen molar-refractivity contribution in [2.24, 2.45) is 0 Å². The summed E-state index contributed by atoms with van der Waals surface area (Å²) < 4.78 is 16.3. The Balaban J connectivity index is 2.44. The van der Waals surface area contributed by atoms with E-state index in [-0.39, 0.29) is 0 Å². The van der Waals surface area contributed by atoms with Gasteiger partial charge in [-0.3, -0.25) is 0 Å². The van der Waals surface area contributed by atoms with Gasteiger partial charge in [-0.05, 0) is 0 Å². The maximum atomic E-state index is 11.7. The number of hydrogen-bond acceptors (Lipinski definition) is 2. The van der Waals surface area contributed by atoms with Gasteiger partial charge in [-0.2, -0.15) is 0 Å². The van der Waals surface area contributed by atoms with E-state index in [0.29, 0.717) is 6.54 Å². The van der Waals surface area contributed by atoms with Gasteiger partial charge in [0.05, 0.1) is 6.54 Å². The van der Waals surface area contributed by atoms with E-state index in [1.165, 1.54) is 4.90 Å². The summed E-state index contributed by atoms with van der Waals surface area (Å²) in [6, 6.07) is 0. The zero-order chi connectivity index (χ0) is 6.85. The van der Waals surface area contributed by atoms with Crippen molar-refractivity contribution in [1.82, 2.24) is 4.90 Å². The third-order valence-corrected chi connectivity index (χ3v) is 1.23. The Hall–Kier alpha value is -0.800. The van der Waals surface area contributed by atoms with Gasteiger partial charge in [0.25, 0.3) is 0 Å². The predicted octanol–water partition coefficient (Wildman–Crippen LogP) is 0.407. The number of ether oxygens (including phenoxy) is 1. The molecule has 1 unspecified atom stereocenters. The van der Waals surface area contributed by atoms with Crippen LogP contribution in [0.25, 0.3) is 0 Å². The third kappa shape index (κ3) is 1.12. The van der Waals surface area contributed by atoms with E-state index in [0.717, 1.165) is 0 Å². The van der Waals surface area contributed by atoms with Crippen LogP contribution in [-0.4, -0.2) is 37.4 Å². The maximum absolute atomic E-state index is 11.7. The molecule has 1 atom stereocenters. The van der Waals surface area contributed by atoms with Crippen molar-refractivity contribution in [2.45, 2.75) is 6.10 Å². The van der Waals surface area contributed by atoms with Gasteiger partial charge in [-0.1, -0.05) is 0 Å². The SMILES string of the molecule is CN1CC(CF)OC1=O. The lowest BCUT2D eigenvalue weighted by Crippen LogP contribution is -2.19. The van der Waals surface area contributed by atoms with E-state index < -0.39 is 18.9 Å². The van der Waals surface area contributed by atoms with Crippen molar-refractivity contribution >= 4 is 6.09 Å². The largest absolute Gasteiger partial charge is 0.441 e. The van der Waals surface area contributed by atoms with Gasteiger partial charge in [0.1, 0.15) is 12.8 Å². The average Bonchev–Trinajstić information content (AvgIpc) is 2.13. The number of alkyl halides is 1. The van der Waals surface area contributed by atoms with Gasteiger partial charge in [0, 0.05) is 7.05 Å². The van der Waals surface area contributed by atoms with Crippen LogP contribution in [0.4, 0.5) is 9.18 Å². The first-order valence-electron chi connectivity index (χ1n) is 2.71. The highest BCUT2D eigenvalue weighted by Gasteiger charge is 2.27. The van der Waals surface area contributed by atoms with Crippen LogP contribution in [0.3, 0.4) is 0 Å². The Labute approximate surface area is 52.4 Å². The second-order valence-electron chi connectivity index (χ2n) is 2.04. The molecule has 1 fully saturated rings. The predicted molar refractivity (Wildman–Crippen MR) is 28.9 cm³/mol. The van der Waals surface area contributed by atoms with Crippen molar-refractivity contribution in [2.75, 3.05) is 20.3 Å². The number of nitrogens with zero attached hydrogens (tertiary/aromatic N) is 1. The van der Waals surface area contributed by atoms with E-state index in [2.05, 4.69) is 4.74 Å². The Morgan fingerprint density at radius 1 is 2.00 bits per heavy atom. The van der Waals surface area contributed by atoms with E-state index >= 15 is 0 Å². The van der Waals surface area contributed by atoms with Crippen molar-refractivity contribution in [3.05, 3.63) is 0 Å². The summed E-state index contributed by atoms with van der Waals surface area (Å²) in [7, 11) is 1.58. The van der Waals surface area contributed by atoms with Crippen LogP contribution in [0, 0.1) is 0 Å². The second-order valence-corrected chi connectivity index (χ2v) is 2.04. The number of cyclic esters (lactones) is 1. The van der Waals surface area contributed by atoms with Gasteiger partial charge in [-0.15, -0.1) is 0 Å². The molecule has 9 heavy (non-hydrogen) atoms. The molecule has 1 amide bonds. The van der Waals surface area contributed by atoms with E-state index in [1.54, 1.807) is 7.05 Å². The number of carbonyl (C=O) groups excluding carboxylic acids is 1. The molecule has 0 aromatic rings. The molecule has 0 aromatic heterocycles. The first kappa shape index (κ1) is 6.32. The number of hydrogen-bond donors (Lipinski definition) is 0. The third-order valence-electron chi connectivity index (χ3n) is 1.23. The molecule has 0 radical (unpaired) electrons. The number of likely N-dealkylation sites (N-methyl/N-ethyl adjacent to an activating group) is 1. The van der Waals surface area contributed by atoms with Crippen LogP contribution >= 0.6 is 0 Å². The van der Waals surface area contributed by atoms with Crippen LogP contribution in [0.1, 0.15) is 0 Å². The summed E-state index contributed by atoms with van der Waals surface area (Å²) in [4.78, 5) is 11.8. The summed E-state index contributed by atoms with van der Waals surface area (Å²) >= 11 is 0. The molecule has 4 heteroatoms. The summed E-state index contributed by atoms with van der Waals surface area (Å²) in [6.45, 7) is -0.217. The lowest BCUT2D eigenvalue weighted by molar-refractivity contribution is 0.120. The molecule has 1 heterocycles. The zero-order valence-electron chi connectivity index (χ0n) is 5.13. The van der Waals surface area contributed by atoms with Gasteiger partial charge < -0.3 is 9.64 Å². The minimum absolute atomic E-state index is 0.370. The minimum Gasteiger partial charge on any atom is -0.441 e. The highest BCUT2D eigenvalue weighted by Crippen LogP contribution is 2.07. The van der Waals surface area contributed by atoms with Gasteiger partial charge in [0.15, 0.2) is 0 Å². The summed E-state index contributed by atoms with van der Waals surface area (Å²) in [6.07, 6.45) is -0.972. The first-order chi connectivity index (χ1) is 4.24. The smallest absolute Gasteiger partial charge is 0.410 e. The fraction of sp³-hybridized carbons (Fsp3) is 0.800. The molecule has 1 aliphatic rings. The fourth-order valence-corrected chi connectivity index (χ4v) is 0.730. The van der Waals surface area contributed by atoms with E-state index in [9.17, 15) is 9.18 Å². The number of carbonyl (C=O) groups is 1. The van der Waals surface area contributed by atoms with Crippen molar-refractivity contribution < 1.29 is 13.9 Å². The molecule has 1 rings (SSSR count). The molecule has 0 aromatic carbocycles. The fourth-order valence-electron chi connectivity index (χ4n) is 0.730. The molecule has 0 N–H and O–H groups in total. The second kappa shape index (κ2) is 2.21. The molecule has 0 bridgehead atoms. The summed E-state index contributed by atoms with van der Waals surface area (Å²) in [5.74, 6) is 0. The van der Waals surface area contributed by atoms with Crippen molar-refractivity contribution in [3.8, 4) is 0 Å². The molecule has 1 aliphatic heterocycles. The summed E-state index contributed by atoms with van der Waals surface area (Å²) in [5, 5.41) is 0. The molecular formula is C5H8FNO2. The Kier molecular flexibility index (Phi) is 1.55. The normalized spacial score (nSPS) is 26.7. The quantitative estimate of drug-likeness (QED) is 0.518. The lowest BCUT2D eigenvalue weighted by atomic mass is 10.4. The molecule has 0 spiro atoms. The average molecular weight is 133 g/mol. The highest BCUT2D eigenvalue weighted by atomic mass is 19.1. The number of halogens is 1. The summed E-state index contributed by atoms with van der Waals surface area (Å²) in [5.41, 5.74) is 0. The molecule has 0 aliphatic carbocycles. The highest BCUT2D eigenvalue weighted by molar-refractivity contribution is 5.69. The molecule has 0 saturated carbocycles. The van der Waals surface area contributed by atoms with Gasteiger partial charge in [-0.25, -0.2) is 9.18 Å². The van der Waals surface area contributed by atoms with Crippen molar-refractivity contribution in [1.29, 1.82) is 0 Å². The van der Waals surface area contributed by atoms with Crippen LogP contribution in [0.2, 0.25) is 0 Å². The minimum atomic E-state index is -0.587. The Morgan fingerprint density at radius 3 is 2.89 bits per heavy atom. The monoisotopic (exact) mass is 133 g/mol. The van der Waals surface area contributed by atoms with Crippen LogP contribution < -0.4 is 0 Å². The molecular weight excluding hydrogens is 125 g/mol. The lowest BCUT2D eigenvalue weighted by Gasteiger charge is -1.99. The van der Waals surface area contributed by atoms with Crippen LogP contribution in [-0.2, 0) is 4.74 Å². The Bertz CT molecular complexity index is 128. The molecule has 3 nitrogen and oxygen atoms in total. The van der Waals surface area contributed by atoms with Crippen LogP contribution in [0.15, 0.2) is 0 Å². The number of amides is 1. The topological polar surface area (TPSA) is 29.5 Å². The molecule has 1 saturated heterocycles.